The highest BCUT2D eigenvalue weighted by molar-refractivity contribution is 5.81. The summed E-state index contributed by atoms with van der Waals surface area (Å²) in [5.74, 6) is -1.33. The first-order valence-corrected chi connectivity index (χ1v) is 11.8. The van der Waals surface area contributed by atoms with Crippen LogP contribution in [-0.2, 0) is 16.0 Å². The topological polar surface area (TPSA) is 99.1 Å². The third kappa shape index (κ3) is 5.09. The summed E-state index contributed by atoms with van der Waals surface area (Å²) in [6.07, 6.45) is -0.873. The Morgan fingerprint density at radius 2 is 1.57 bits per heavy atom. The first-order valence-electron chi connectivity index (χ1n) is 11.8. The predicted octanol–water partition coefficient (Wildman–Crippen LogP) is 4.77. The highest BCUT2D eigenvalue weighted by atomic mass is 16.5. The summed E-state index contributed by atoms with van der Waals surface area (Å²) in [4.78, 5) is 26.5. The van der Waals surface area contributed by atoms with Gasteiger partial charge in [-0.1, -0.05) is 54.6 Å². The molecule has 0 fully saturated rings. The lowest BCUT2D eigenvalue weighted by Crippen LogP contribution is -2.43. The molecule has 1 atom stereocenters. The molecule has 35 heavy (non-hydrogen) atoms. The number of ether oxygens (including phenoxy) is 1. The summed E-state index contributed by atoms with van der Waals surface area (Å²) >= 11 is 0. The highest BCUT2D eigenvalue weighted by Crippen LogP contribution is 2.44. The van der Waals surface area contributed by atoms with E-state index >= 15 is 0 Å². The van der Waals surface area contributed by atoms with Crippen LogP contribution in [0.3, 0.4) is 0 Å². The molecule has 0 radical (unpaired) electrons. The monoisotopic (exact) mass is 474 g/mol. The molecule has 1 aliphatic rings. The van der Waals surface area contributed by atoms with Gasteiger partial charge in [0.25, 0.3) is 0 Å². The number of nitrogens with one attached hydrogen (secondary N) is 1. The fourth-order valence-corrected chi connectivity index (χ4v) is 4.71. The molecular weight excluding hydrogens is 444 g/mol. The Bertz CT molecular complexity index is 1180. The normalized spacial score (nSPS) is 13.0. The second kappa shape index (κ2) is 10.5. The summed E-state index contributed by atoms with van der Waals surface area (Å²) in [6, 6.07) is 19.9. The number of fused-ring (bicyclic) bond motifs is 3. The minimum absolute atomic E-state index is 0.00464. The number of rotatable bonds is 9. The molecule has 7 nitrogen and oxygen atoms in total. The number of hydrogen-bond acceptors (Lipinski definition) is 5. The van der Waals surface area contributed by atoms with Gasteiger partial charge < -0.3 is 25.2 Å². The Kier molecular flexibility index (Phi) is 7.25. The van der Waals surface area contributed by atoms with E-state index in [1.165, 1.54) is 0 Å². The van der Waals surface area contributed by atoms with Crippen LogP contribution in [0.1, 0.15) is 36.5 Å². The Hall–Kier alpha value is -4.00. The number of carbonyl (C=O) groups is 2. The van der Waals surface area contributed by atoms with E-state index in [9.17, 15) is 19.8 Å². The first-order chi connectivity index (χ1) is 16.9. The van der Waals surface area contributed by atoms with E-state index in [0.717, 1.165) is 41.0 Å². The zero-order chi connectivity index (χ0) is 24.9. The number of phenols is 1. The maximum absolute atomic E-state index is 12.6. The fraction of sp³-hybridized carbons (Fsp3) is 0.286. The minimum atomic E-state index is -1.24. The van der Waals surface area contributed by atoms with Crippen molar-refractivity contribution in [3.63, 3.8) is 0 Å². The summed E-state index contributed by atoms with van der Waals surface area (Å²) in [6.45, 7) is 5.71. The van der Waals surface area contributed by atoms with Crippen molar-refractivity contribution in [3.8, 4) is 16.9 Å². The van der Waals surface area contributed by atoms with Gasteiger partial charge in [0.1, 0.15) is 18.4 Å². The fourth-order valence-electron chi connectivity index (χ4n) is 4.71. The quantitative estimate of drug-likeness (QED) is 0.413. The zero-order valence-corrected chi connectivity index (χ0v) is 19.9. The molecule has 7 heteroatoms. The van der Waals surface area contributed by atoms with Gasteiger partial charge in [-0.25, -0.2) is 9.59 Å². The van der Waals surface area contributed by atoms with Crippen molar-refractivity contribution in [1.29, 1.82) is 0 Å². The third-order valence-electron chi connectivity index (χ3n) is 6.56. The van der Waals surface area contributed by atoms with E-state index < -0.39 is 18.1 Å². The number of amides is 1. The number of carboxylic acids is 1. The van der Waals surface area contributed by atoms with Gasteiger partial charge in [0, 0.05) is 37.2 Å². The van der Waals surface area contributed by atoms with Crippen LogP contribution in [0.4, 0.5) is 10.5 Å². The largest absolute Gasteiger partial charge is 0.508 e. The third-order valence-corrected chi connectivity index (χ3v) is 6.56. The molecule has 0 spiro atoms. The number of carboxylic acid groups (broad SMARTS) is 1. The number of nitrogens with zero attached hydrogens (tertiary/aromatic N) is 1. The van der Waals surface area contributed by atoms with Crippen molar-refractivity contribution in [2.24, 2.45) is 0 Å². The molecule has 4 rings (SSSR count). The van der Waals surface area contributed by atoms with Crippen LogP contribution in [0.2, 0.25) is 0 Å². The highest BCUT2D eigenvalue weighted by Gasteiger charge is 2.30. The molecule has 182 valence electrons. The number of phenolic OH excluding ortho intramolecular Hbond substituents is 1. The smallest absolute Gasteiger partial charge is 0.407 e. The average molecular weight is 475 g/mol. The number of aromatic hydroxyl groups is 1. The van der Waals surface area contributed by atoms with Gasteiger partial charge in [0.2, 0.25) is 0 Å². The molecule has 0 aliphatic heterocycles. The van der Waals surface area contributed by atoms with Crippen LogP contribution < -0.4 is 10.2 Å². The molecule has 1 amide bonds. The van der Waals surface area contributed by atoms with Crippen molar-refractivity contribution in [1.82, 2.24) is 5.32 Å². The second-order valence-corrected chi connectivity index (χ2v) is 8.55. The van der Waals surface area contributed by atoms with Crippen LogP contribution in [0, 0.1) is 0 Å². The van der Waals surface area contributed by atoms with Crippen molar-refractivity contribution in [3.05, 3.63) is 83.4 Å². The zero-order valence-electron chi connectivity index (χ0n) is 19.9. The van der Waals surface area contributed by atoms with Gasteiger partial charge in [-0.15, -0.1) is 0 Å². The molecule has 3 aromatic carbocycles. The van der Waals surface area contributed by atoms with E-state index in [2.05, 4.69) is 10.2 Å². The van der Waals surface area contributed by atoms with E-state index in [0.29, 0.717) is 5.56 Å². The van der Waals surface area contributed by atoms with Crippen LogP contribution in [0.25, 0.3) is 11.1 Å². The summed E-state index contributed by atoms with van der Waals surface area (Å²) in [7, 11) is 0. The van der Waals surface area contributed by atoms with Crippen LogP contribution in [-0.4, -0.2) is 48.0 Å². The number of alkyl carbamates (subject to hydrolysis) is 1. The van der Waals surface area contributed by atoms with Gasteiger partial charge >= 0.3 is 12.1 Å². The van der Waals surface area contributed by atoms with Crippen LogP contribution >= 0.6 is 0 Å². The van der Waals surface area contributed by atoms with E-state index in [1.54, 1.807) is 12.1 Å². The van der Waals surface area contributed by atoms with Crippen molar-refractivity contribution in [2.45, 2.75) is 32.2 Å². The lowest BCUT2D eigenvalue weighted by atomic mass is 9.98. The van der Waals surface area contributed by atoms with Gasteiger partial charge in [0.15, 0.2) is 0 Å². The lowest BCUT2D eigenvalue weighted by molar-refractivity contribution is -0.139. The number of aliphatic carboxylic acids is 1. The van der Waals surface area contributed by atoms with Crippen LogP contribution in [0.5, 0.6) is 5.75 Å². The number of benzene rings is 3. The van der Waals surface area contributed by atoms with Gasteiger partial charge in [-0.05, 0) is 47.7 Å². The standard InChI is InChI=1S/C28H30N2O5/c1-3-30(4-2)19-14-13-18(26(31)16-19)15-25(27(32)33)29-28(34)35-17-24-22-11-7-5-9-20(22)21-10-6-8-12-23(21)24/h5-14,16,24-25,31H,3-4,15,17H2,1-2H3,(H,29,34)(H,32,33). The Morgan fingerprint density at radius 3 is 2.11 bits per heavy atom. The Labute approximate surface area is 205 Å². The SMILES string of the molecule is CCN(CC)c1ccc(CC(NC(=O)OCC2c3ccccc3-c3ccccc32)C(=O)O)c(O)c1. The van der Waals surface area contributed by atoms with E-state index in [4.69, 9.17) is 4.74 Å². The molecule has 3 aromatic rings. The molecule has 0 aromatic heterocycles. The molecule has 1 unspecified atom stereocenters. The van der Waals surface area contributed by atoms with Gasteiger partial charge in [-0.2, -0.15) is 0 Å². The van der Waals surface area contributed by atoms with Crippen molar-refractivity contribution in [2.75, 3.05) is 24.6 Å². The molecule has 0 saturated heterocycles. The van der Waals surface area contributed by atoms with Crippen molar-refractivity contribution < 1.29 is 24.5 Å². The number of carbonyl (C=O) groups excluding carboxylic acids is 1. The lowest BCUT2D eigenvalue weighted by Gasteiger charge is -2.22. The summed E-state index contributed by atoms with van der Waals surface area (Å²) in [5.41, 5.74) is 5.68. The summed E-state index contributed by atoms with van der Waals surface area (Å²) in [5, 5.41) is 22.6. The molecule has 0 heterocycles. The number of hydrogen-bond donors (Lipinski definition) is 3. The summed E-state index contributed by atoms with van der Waals surface area (Å²) < 4.78 is 5.49. The Morgan fingerprint density at radius 1 is 0.971 bits per heavy atom. The first kappa shape index (κ1) is 24.1. The van der Waals surface area contributed by atoms with E-state index in [-0.39, 0.29) is 24.7 Å². The van der Waals surface area contributed by atoms with Gasteiger partial charge in [-0.3, -0.25) is 0 Å². The maximum atomic E-state index is 12.6. The average Bonchev–Trinajstić information content (AvgIpc) is 3.18. The maximum Gasteiger partial charge on any atom is 0.407 e. The predicted molar refractivity (Wildman–Crippen MR) is 135 cm³/mol. The van der Waals surface area contributed by atoms with E-state index in [1.807, 2.05) is 68.4 Å². The molecule has 0 saturated carbocycles. The minimum Gasteiger partial charge on any atom is -0.508 e. The van der Waals surface area contributed by atoms with Crippen molar-refractivity contribution >= 4 is 17.7 Å². The Balaban J connectivity index is 1.42. The van der Waals surface area contributed by atoms with Gasteiger partial charge in [0.05, 0.1) is 0 Å². The van der Waals surface area contributed by atoms with Crippen LogP contribution in [0.15, 0.2) is 66.7 Å². The second-order valence-electron chi connectivity index (χ2n) is 8.55. The molecule has 1 aliphatic carbocycles. The molecule has 3 N–H and O–H groups in total. The number of anilines is 1. The molecule has 0 bridgehead atoms. The molecular formula is C28H30N2O5.